The molecule has 0 fully saturated rings. The van der Waals surface area contributed by atoms with Crippen LogP contribution in [0, 0.1) is 11.7 Å². The number of nitrogens with one attached hydrogen (secondary N) is 1. The second-order valence-electron chi connectivity index (χ2n) is 4.23. The predicted molar refractivity (Wildman–Crippen MR) is 69.4 cm³/mol. The largest absolute Gasteiger partial charge is 0.316 e. The van der Waals surface area contributed by atoms with Crippen molar-refractivity contribution in [1.29, 1.82) is 0 Å². The van der Waals surface area contributed by atoms with Gasteiger partial charge in [-0.3, -0.25) is 0 Å². The fourth-order valence-corrected chi connectivity index (χ4v) is 2.10. The average molecular weight is 241 g/mol. The monoisotopic (exact) mass is 241 g/mol. The maximum absolute atomic E-state index is 12.6. The van der Waals surface area contributed by atoms with E-state index in [4.69, 9.17) is 0 Å². The second kappa shape index (κ2) is 7.69. The molecule has 1 aromatic carbocycles. The van der Waals surface area contributed by atoms with Gasteiger partial charge in [-0.15, -0.1) is 11.8 Å². The Kier molecular flexibility index (Phi) is 6.50. The number of hydrogen-bond acceptors (Lipinski definition) is 2. The van der Waals surface area contributed by atoms with E-state index in [-0.39, 0.29) is 5.82 Å². The number of thioether (sulfide) groups is 1. The molecule has 0 radical (unpaired) electrons. The first-order valence-corrected chi connectivity index (χ1v) is 6.76. The lowest BCUT2D eigenvalue weighted by Crippen LogP contribution is -2.19. The summed E-state index contributed by atoms with van der Waals surface area (Å²) < 4.78 is 12.6. The molecule has 0 amide bonds. The minimum atomic E-state index is -0.167. The molecular formula is C13H20FNS. The molecule has 0 aliphatic rings. The van der Waals surface area contributed by atoms with E-state index >= 15 is 0 Å². The van der Waals surface area contributed by atoms with Gasteiger partial charge in [0, 0.05) is 17.2 Å². The second-order valence-corrected chi connectivity index (χ2v) is 5.40. The molecule has 0 saturated heterocycles. The Bertz CT molecular complexity index is 284. The van der Waals surface area contributed by atoms with E-state index in [0.29, 0.717) is 0 Å². The van der Waals surface area contributed by atoms with Crippen LogP contribution in [-0.4, -0.2) is 18.8 Å². The zero-order chi connectivity index (χ0) is 11.8. The van der Waals surface area contributed by atoms with E-state index in [0.717, 1.165) is 29.7 Å². The fraction of sp³-hybridized carbons (Fsp3) is 0.538. The van der Waals surface area contributed by atoms with Gasteiger partial charge in [-0.25, -0.2) is 4.39 Å². The molecule has 0 aliphatic carbocycles. The van der Waals surface area contributed by atoms with Crippen molar-refractivity contribution in [2.45, 2.75) is 25.2 Å². The van der Waals surface area contributed by atoms with Crippen LogP contribution in [0.15, 0.2) is 29.2 Å². The summed E-state index contributed by atoms with van der Waals surface area (Å²) in [6.07, 6.45) is 1.22. The van der Waals surface area contributed by atoms with Crippen LogP contribution in [0.3, 0.4) is 0 Å². The Hall–Kier alpha value is -0.540. The molecule has 0 bridgehead atoms. The molecule has 1 aromatic rings. The molecule has 1 nitrogen and oxygen atoms in total. The first-order valence-electron chi connectivity index (χ1n) is 5.77. The van der Waals surface area contributed by atoms with Crippen LogP contribution >= 0.6 is 11.8 Å². The third-order valence-electron chi connectivity index (χ3n) is 2.26. The van der Waals surface area contributed by atoms with E-state index in [1.807, 2.05) is 12.1 Å². The lowest BCUT2D eigenvalue weighted by Gasteiger charge is -2.06. The molecule has 16 heavy (non-hydrogen) atoms. The van der Waals surface area contributed by atoms with Crippen LogP contribution in [-0.2, 0) is 0 Å². The first-order chi connectivity index (χ1) is 7.68. The quantitative estimate of drug-likeness (QED) is 0.579. The summed E-state index contributed by atoms with van der Waals surface area (Å²) in [5.74, 6) is 1.63. The minimum absolute atomic E-state index is 0.167. The molecule has 0 saturated carbocycles. The number of rotatable bonds is 7. The molecule has 90 valence electrons. The van der Waals surface area contributed by atoms with Gasteiger partial charge in [0.2, 0.25) is 0 Å². The lowest BCUT2D eigenvalue weighted by molar-refractivity contribution is 0.547. The topological polar surface area (TPSA) is 12.0 Å². The minimum Gasteiger partial charge on any atom is -0.316 e. The maximum Gasteiger partial charge on any atom is 0.123 e. The molecule has 3 heteroatoms. The highest BCUT2D eigenvalue weighted by atomic mass is 32.2. The van der Waals surface area contributed by atoms with E-state index in [1.165, 1.54) is 18.6 Å². The van der Waals surface area contributed by atoms with Crippen molar-refractivity contribution in [2.75, 3.05) is 18.8 Å². The van der Waals surface area contributed by atoms with E-state index in [1.54, 1.807) is 11.8 Å². The smallest absolute Gasteiger partial charge is 0.123 e. The van der Waals surface area contributed by atoms with E-state index in [9.17, 15) is 4.39 Å². The third-order valence-corrected chi connectivity index (χ3v) is 3.27. The summed E-state index contributed by atoms with van der Waals surface area (Å²) in [5, 5.41) is 3.40. The molecular weight excluding hydrogens is 221 g/mol. The van der Waals surface area contributed by atoms with E-state index < -0.39 is 0 Å². The average Bonchev–Trinajstić information content (AvgIpc) is 2.25. The SMILES string of the molecule is CC(C)CCNCCSc1ccc(F)cc1. The van der Waals surface area contributed by atoms with Gasteiger partial charge in [0.15, 0.2) is 0 Å². The first kappa shape index (κ1) is 13.5. The van der Waals surface area contributed by atoms with Crippen molar-refractivity contribution < 1.29 is 4.39 Å². The van der Waals surface area contributed by atoms with E-state index in [2.05, 4.69) is 19.2 Å². The zero-order valence-electron chi connectivity index (χ0n) is 10.0. The highest BCUT2D eigenvalue weighted by Crippen LogP contribution is 2.17. The van der Waals surface area contributed by atoms with Gasteiger partial charge in [0.1, 0.15) is 5.82 Å². The molecule has 0 atom stereocenters. The summed E-state index contributed by atoms with van der Waals surface area (Å²) in [4.78, 5) is 1.13. The van der Waals surface area contributed by atoms with Gasteiger partial charge in [-0.1, -0.05) is 13.8 Å². The highest BCUT2D eigenvalue weighted by molar-refractivity contribution is 7.99. The molecule has 0 heterocycles. The maximum atomic E-state index is 12.6. The van der Waals surface area contributed by atoms with Crippen LogP contribution in [0.25, 0.3) is 0 Å². The number of halogens is 1. The zero-order valence-corrected chi connectivity index (χ0v) is 10.8. The highest BCUT2D eigenvalue weighted by Gasteiger charge is 1.96. The van der Waals surface area contributed by atoms with Gasteiger partial charge in [0.25, 0.3) is 0 Å². The Balaban J connectivity index is 2.05. The van der Waals surface area contributed by atoms with Crippen LogP contribution in [0.4, 0.5) is 4.39 Å². The molecule has 0 aliphatic heterocycles. The molecule has 0 aromatic heterocycles. The predicted octanol–water partition coefficient (Wildman–Crippen LogP) is 3.55. The summed E-state index contributed by atoms with van der Waals surface area (Å²) in [6, 6.07) is 6.67. The lowest BCUT2D eigenvalue weighted by atomic mass is 10.1. The normalized spacial score (nSPS) is 11.0. The molecule has 0 spiro atoms. The summed E-state index contributed by atoms with van der Waals surface area (Å²) in [6.45, 7) is 6.56. The van der Waals surface area contributed by atoms with Gasteiger partial charge in [-0.05, 0) is 43.1 Å². The van der Waals surface area contributed by atoms with Gasteiger partial charge in [0.05, 0.1) is 0 Å². The van der Waals surface area contributed by atoms with Crippen molar-refractivity contribution in [3.63, 3.8) is 0 Å². The Morgan fingerprint density at radius 1 is 1.19 bits per heavy atom. The van der Waals surface area contributed by atoms with Crippen molar-refractivity contribution in [3.05, 3.63) is 30.1 Å². The fourth-order valence-electron chi connectivity index (χ4n) is 1.29. The van der Waals surface area contributed by atoms with Crippen molar-refractivity contribution in [3.8, 4) is 0 Å². The van der Waals surface area contributed by atoms with Crippen molar-refractivity contribution >= 4 is 11.8 Å². The van der Waals surface area contributed by atoms with Gasteiger partial charge < -0.3 is 5.32 Å². The summed E-state index contributed by atoms with van der Waals surface area (Å²) in [5.41, 5.74) is 0. The van der Waals surface area contributed by atoms with Crippen LogP contribution in [0.1, 0.15) is 20.3 Å². The van der Waals surface area contributed by atoms with Crippen molar-refractivity contribution in [2.24, 2.45) is 5.92 Å². The Morgan fingerprint density at radius 3 is 2.50 bits per heavy atom. The molecule has 1 N–H and O–H groups in total. The number of hydrogen-bond donors (Lipinski definition) is 1. The van der Waals surface area contributed by atoms with Gasteiger partial charge >= 0.3 is 0 Å². The van der Waals surface area contributed by atoms with Crippen LogP contribution in [0.2, 0.25) is 0 Å². The molecule has 1 rings (SSSR count). The van der Waals surface area contributed by atoms with Crippen molar-refractivity contribution in [1.82, 2.24) is 5.32 Å². The number of benzene rings is 1. The Morgan fingerprint density at radius 2 is 1.88 bits per heavy atom. The van der Waals surface area contributed by atoms with Crippen LogP contribution < -0.4 is 5.32 Å². The van der Waals surface area contributed by atoms with Crippen LogP contribution in [0.5, 0.6) is 0 Å². The van der Waals surface area contributed by atoms with Gasteiger partial charge in [-0.2, -0.15) is 0 Å². The standard InChI is InChI=1S/C13H20FNS/c1-11(2)7-8-15-9-10-16-13-5-3-12(14)4-6-13/h3-6,11,15H,7-10H2,1-2H3. The summed E-state index contributed by atoms with van der Waals surface area (Å²) >= 11 is 1.76. The molecule has 0 unspecified atom stereocenters. The summed E-state index contributed by atoms with van der Waals surface area (Å²) in [7, 11) is 0. The Labute approximate surface area is 102 Å². The third kappa shape index (κ3) is 6.13.